The molecule has 0 radical (unpaired) electrons. The van der Waals surface area contributed by atoms with E-state index in [4.69, 9.17) is 0 Å². The van der Waals surface area contributed by atoms with Crippen molar-refractivity contribution in [2.75, 3.05) is 13.1 Å². The van der Waals surface area contributed by atoms with Crippen molar-refractivity contribution >= 4 is 0 Å². The monoisotopic (exact) mass is 293 g/mol. The van der Waals surface area contributed by atoms with Crippen molar-refractivity contribution in [2.24, 2.45) is 11.8 Å². The summed E-state index contributed by atoms with van der Waals surface area (Å²) in [6.07, 6.45) is 2.86. The molecule has 20 heavy (non-hydrogen) atoms. The molecule has 2 aliphatic rings. The van der Waals surface area contributed by atoms with E-state index in [-0.39, 0.29) is 12.8 Å². The van der Waals surface area contributed by atoms with E-state index in [1.807, 2.05) is 0 Å². The van der Waals surface area contributed by atoms with Gasteiger partial charge in [-0.25, -0.2) is 0 Å². The highest BCUT2D eigenvalue weighted by molar-refractivity contribution is 4.85. The lowest BCUT2D eigenvalue weighted by Gasteiger charge is -2.34. The molecule has 2 rings (SSSR count). The van der Waals surface area contributed by atoms with Crippen LogP contribution in [0.5, 0.6) is 0 Å². The summed E-state index contributed by atoms with van der Waals surface area (Å²) in [5, 5.41) is 13.6. The predicted octanol–water partition coefficient (Wildman–Crippen LogP) is 3.64. The number of nitrogens with one attached hydrogen (secondary N) is 1. The Balaban J connectivity index is 1.64. The van der Waals surface area contributed by atoms with Gasteiger partial charge in [0.2, 0.25) is 0 Å². The minimum absolute atomic E-state index is 0.264. The number of halogens is 3. The number of hydrogen-bond donors (Lipinski definition) is 2. The number of hydrogen-bond acceptors (Lipinski definition) is 2. The topological polar surface area (TPSA) is 32.3 Å². The van der Waals surface area contributed by atoms with Crippen LogP contribution in [0.1, 0.15) is 57.8 Å². The molecule has 5 heteroatoms. The van der Waals surface area contributed by atoms with E-state index in [0.29, 0.717) is 25.3 Å². The molecule has 0 heterocycles. The van der Waals surface area contributed by atoms with Gasteiger partial charge in [0, 0.05) is 6.54 Å². The van der Waals surface area contributed by atoms with Crippen LogP contribution in [0.3, 0.4) is 0 Å². The second-order valence-electron chi connectivity index (χ2n) is 6.68. The van der Waals surface area contributed by atoms with Gasteiger partial charge < -0.3 is 10.4 Å². The maximum absolute atomic E-state index is 12.6. The molecule has 0 aromatic carbocycles. The van der Waals surface area contributed by atoms with Crippen molar-refractivity contribution in [1.29, 1.82) is 0 Å². The Morgan fingerprint density at radius 1 is 1.00 bits per heavy atom. The summed E-state index contributed by atoms with van der Waals surface area (Å²) >= 11 is 0. The van der Waals surface area contributed by atoms with Crippen LogP contribution in [0.25, 0.3) is 0 Å². The van der Waals surface area contributed by atoms with Gasteiger partial charge >= 0.3 is 6.18 Å². The van der Waals surface area contributed by atoms with Gasteiger partial charge in [0.15, 0.2) is 0 Å². The van der Waals surface area contributed by atoms with Crippen molar-refractivity contribution in [2.45, 2.75) is 69.6 Å². The quantitative estimate of drug-likeness (QED) is 0.829. The Hall–Kier alpha value is -0.290. The molecule has 0 aromatic rings. The zero-order valence-electron chi connectivity index (χ0n) is 12.0. The predicted molar refractivity (Wildman–Crippen MR) is 72.4 cm³/mol. The molecule has 0 amide bonds. The summed E-state index contributed by atoms with van der Waals surface area (Å²) in [6, 6.07) is 0. The van der Waals surface area contributed by atoms with Crippen LogP contribution in [0.2, 0.25) is 0 Å². The van der Waals surface area contributed by atoms with Crippen LogP contribution in [-0.2, 0) is 0 Å². The summed E-state index contributed by atoms with van der Waals surface area (Å²) in [4.78, 5) is 0. The first-order chi connectivity index (χ1) is 9.39. The van der Waals surface area contributed by atoms with E-state index in [2.05, 4.69) is 5.32 Å². The van der Waals surface area contributed by atoms with Crippen molar-refractivity contribution in [3.05, 3.63) is 0 Å². The first kappa shape index (κ1) is 16.1. The van der Waals surface area contributed by atoms with Gasteiger partial charge in [-0.3, -0.25) is 0 Å². The first-order valence-electron chi connectivity index (χ1n) is 7.89. The molecule has 0 aliphatic heterocycles. The molecule has 2 N–H and O–H groups in total. The van der Waals surface area contributed by atoms with E-state index in [1.165, 1.54) is 6.42 Å². The minimum atomic E-state index is -4.02. The van der Waals surface area contributed by atoms with E-state index >= 15 is 0 Å². The Morgan fingerprint density at radius 3 is 2.15 bits per heavy atom. The lowest BCUT2D eigenvalue weighted by molar-refractivity contribution is -0.183. The van der Waals surface area contributed by atoms with Crippen LogP contribution >= 0.6 is 0 Å². The van der Waals surface area contributed by atoms with Crippen LogP contribution in [-0.4, -0.2) is 30.0 Å². The average Bonchev–Trinajstić information content (AvgIpc) is 2.39. The number of aliphatic hydroxyl groups is 1. The summed E-state index contributed by atoms with van der Waals surface area (Å²) in [6.45, 7) is 1.33. The van der Waals surface area contributed by atoms with Crippen LogP contribution in [0.4, 0.5) is 13.2 Å². The third kappa shape index (κ3) is 4.62. The maximum atomic E-state index is 12.6. The molecule has 2 aliphatic carbocycles. The maximum Gasteiger partial charge on any atom is 0.391 e. The first-order valence-corrected chi connectivity index (χ1v) is 7.89. The van der Waals surface area contributed by atoms with Crippen LogP contribution < -0.4 is 5.32 Å². The van der Waals surface area contributed by atoms with Gasteiger partial charge in [-0.2, -0.15) is 13.2 Å². The van der Waals surface area contributed by atoms with Gasteiger partial charge in [-0.1, -0.05) is 19.3 Å². The molecule has 0 unspecified atom stereocenters. The van der Waals surface area contributed by atoms with Crippen molar-refractivity contribution in [1.82, 2.24) is 5.32 Å². The lowest BCUT2D eigenvalue weighted by Crippen LogP contribution is -2.44. The van der Waals surface area contributed by atoms with Gasteiger partial charge in [-0.15, -0.1) is 0 Å². The van der Waals surface area contributed by atoms with Crippen molar-refractivity contribution in [3.63, 3.8) is 0 Å². The molecular weight excluding hydrogens is 267 g/mol. The highest BCUT2D eigenvalue weighted by Gasteiger charge is 2.41. The third-order valence-corrected chi connectivity index (χ3v) is 4.98. The zero-order chi connectivity index (χ0) is 14.6. The molecule has 0 saturated heterocycles. The molecule has 0 spiro atoms. The zero-order valence-corrected chi connectivity index (χ0v) is 12.0. The minimum Gasteiger partial charge on any atom is -0.389 e. The van der Waals surface area contributed by atoms with Crippen molar-refractivity contribution < 1.29 is 18.3 Å². The highest BCUT2D eigenvalue weighted by Crippen LogP contribution is 2.39. The Kier molecular flexibility index (Phi) is 5.35. The fourth-order valence-corrected chi connectivity index (χ4v) is 3.59. The number of rotatable bonds is 4. The summed E-state index contributed by atoms with van der Waals surface area (Å²) in [5.41, 5.74) is -0.582. The SMILES string of the molecule is OC1(CNCC2CCC(C(F)(F)F)CC2)CCCCC1. The average molecular weight is 293 g/mol. The Bertz CT molecular complexity index is 292. The normalized spacial score (nSPS) is 31.2. The van der Waals surface area contributed by atoms with E-state index in [1.54, 1.807) is 0 Å². The molecule has 0 atom stereocenters. The molecular formula is C15H26F3NO. The van der Waals surface area contributed by atoms with Crippen LogP contribution in [0.15, 0.2) is 0 Å². The van der Waals surface area contributed by atoms with Gasteiger partial charge in [0.1, 0.15) is 0 Å². The Morgan fingerprint density at radius 2 is 1.60 bits per heavy atom. The summed E-state index contributed by atoms with van der Waals surface area (Å²) < 4.78 is 37.7. The fraction of sp³-hybridized carbons (Fsp3) is 1.00. The standard InChI is InChI=1S/C15H26F3NO/c16-15(17,18)13-6-4-12(5-7-13)10-19-11-14(20)8-2-1-3-9-14/h12-13,19-20H,1-11H2. The van der Waals surface area contributed by atoms with Crippen LogP contribution in [0, 0.1) is 11.8 Å². The number of alkyl halides is 3. The van der Waals surface area contributed by atoms with Crippen molar-refractivity contribution in [3.8, 4) is 0 Å². The van der Waals surface area contributed by atoms with E-state index < -0.39 is 17.7 Å². The molecule has 0 aromatic heterocycles. The molecule has 2 fully saturated rings. The van der Waals surface area contributed by atoms with Gasteiger partial charge in [0.25, 0.3) is 0 Å². The molecule has 0 bridgehead atoms. The molecule has 118 valence electrons. The second kappa shape index (κ2) is 6.65. The lowest BCUT2D eigenvalue weighted by atomic mass is 9.81. The van der Waals surface area contributed by atoms with E-state index in [9.17, 15) is 18.3 Å². The van der Waals surface area contributed by atoms with E-state index in [0.717, 1.165) is 32.2 Å². The molecule has 2 nitrogen and oxygen atoms in total. The third-order valence-electron chi connectivity index (χ3n) is 4.98. The Labute approximate surface area is 119 Å². The highest BCUT2D eigenvalue weighted by atomic mass is 19.4. The fourth-order valence-electron chi connectivity index (χ4n) is 3.59. The molecule has 2 saturated carbocycles. The second-order valence-corrected chi connectivity index (χ2v) is 6.68. The smallest absolute Gasteiger partial charge is 0.389 e. The summed E-state index contributed by atoms with van der Waals surface area (Å²) in [5.74, 6) is -0.762. The summed E-state index contributed by atoms with van der Waals surface area (Å²) in [7, 11) is 0. The van der Waals surface area contributed by atoms with Gasteiger partial charge in [-0.05, 0) is 51.0 Å². The largest absolute Gasteiger partial charge is 0.391 e. The van der Waals surface area contributed by atoms with Gasteiger partial charge in [0.05, 0.1) is 11.5 Å².